The van der Waals surface area contributed by atoms with Crippen LogP contribution in [0.15, 0.2) is 24.3 Å². The van der Waals surface area contributed by atoms with Gasteiger partial charge in [-0.25, -0.2) is 0 Å². The van der Waals surface area contributed by atoms with E-state index in [-0.39, 0.29) is 17.9 Å². The molecule has 0 aliphatic rings. The molecule has 1 amide bonds. The molecule has 0 heterocycles. The fourth-order valence-electron chi connectivity index (χ4n) is 2.48. The van der Waals surface area contributed by atoms with E-state index in [9.17, 15) is 4.79 Å². The molecular formula is C17H29N3O3. The van der Waals surface area contributed by atoms with Gasteiger partial charge in [0, 0.05) is 38.7 Å². The first-order valence-electron chi connectivity index (χ1n) is 7.88. The van der Waals surface area contributed by atoms with Crippen LogP contribution in [0.5, 0.6) is 0 Å². The first-order valence-corrected chi connectivity index (χ1v) is 7.88. The molecule has 0 spiro atoms. The van der Waals surface area contributed by atoms with Crippen molar-refractivity contribution in [1.82, 2.24) is 4.90 Å². The number of amides is 1. The number of hydrogen-bond donors (Lipinski definition) is 2. The molecule has 6 heteroatoms. The molecule has 1 unspecified atom stereocenters. The number of nitrogens with zero attached hydrogens (tertiary/aromatic N) is 1. The van der Waals surface area contributed by atoms with E-state index in [1.165, 1.54) is 0 Å². The Morgan fingerprint density at radius 3 is 2.09 bits per heavy atom. The lowest BCUT2D eigenvalue weighted by Gasteiger charge is -2.33. The second-order valence-corrected chi connectivity index (χ2v) is 5.82. The predicted octanol–water partition coefficient (Wildman–Crippen LogP) is 1.83. The van der Waals surface area contributed by atoms with Crippen molar-refractivity contribution in [3.63, 3.8) is 0 Å². The molecular weight excluding hydrogens is 294 g/mol. The molecule has 0 aliphatic heterocycles. The minimum absolute atomic E-state index is 0.0306. The fourth-order valence-corrected chi connectivity index (χ4v) is 2.48. The average Bonchev–Trinajstić information content (AvgIpc) is 2.51. The van der Waals surface area contributed by atoms with Crippen molar-refractivity contribution >= 4 is 17.3 Å². The van der Waals surface area contributed by atoms with E-state index in [4.69, 9.17) is 15.2 Å². The number of ether oxygens (including phenoxy) is 2. The molecule has 23 heavy (non-hydrogen) atoms. The van der Waals surface area contributed by atoms with Crippen LogP contribution in [0.2, 0.25) is 0 Å². The molecule has 1 aromatic carbocycles. The van der Waals surface area contributed by atoms with E-state index in [1.807, 2.05) is 13.8 Å². The molecule has 6 nitrogen and oxygen atoms in total. The average molecular weight is 323 g/mol. The zero-order valence-electron chi connectivity index (χ0n) is 14.5. The Labute approximate surface area is 138 Å². The zero-order chi connectivity index (χ0) is 17.2. The van der Waals surface area contributed by atoms with E-state index in [2.05, 4.69) is 10.2 Å². The van der Waals surface area contributed by atoms with Crippen molar-refractivity contribution in [1.29, 1.82) is 0 Å². The normalized spacial score (nSPS) is 12.6. The third-order valence-corrected chi connectivity index (χ3v) is 3.64. The van der Waals surface area contributed by atoms with Gasteiger partial charge in [0.25, 0.3) is 0 Å². The molecule has 3 N–H and O–H groups in total. The summed E-state index contributed by atoms with van der Waals surface area (Å²) in [5.74, 6) is 0.134. The second kappa shape index (κ2) is 10.2. The van der Waals surface area contributed by atoms with Crippen molar-refractivity contribution in [2.45, 2.75) is 19.9 Å². The molecule has 0 bridgehead atoms. The summed E-state index contributed by atoms with van der Waals surface area (Å²) in [5.41, 5.74) is 7.09. The quantitative estimate of drug-likeness (QED) is 0.642. The highest BCUT2D eigenvalue weighted by atomic mass is 16.5. The highest BCUT2D eigenvalue weighted by Gasteiger charge is 2.28. The lowest BCUT2D eigenvalue weighted by Crippen LogP contribution is -2.49. The lowest BCUT2D eigenvalue weighted by atomic mass is 10.0. The van der Waals surface area contributed by atoms with Gasteiger partial charge >= 0.3 is 0 Å². The van der Waals surface area contributed by atoms with Gasteiger partial charge in [-0.2, -0.15) is 0 Å². The van der Waals surface area contributed by atoms with Crippen LogP contribution in [0, 0.1) is 5.92 Å². The van der Waals surface area contributed by atoms with Crippen molar-refractivity contribution in [2.24, 2.45) is 5.92 Å². The smallest absolute Gasteiger partial charge is 0.241 e. The van der Waals surface area contributed by atoms with E-state index in [0.717, 1.165) is 5.69 Å². The maximum Gasteiger partial charge on any atom is 0.241 e. The Kier molecular flexibility index (Phi) is 8.61. The minimum Gasteiger partial charge on any atom is -0.399 e. The molecule has 0 saturated carbocycles. The van der Waals surface area contributed by atoms with Crippen LogP contribution in [0.25, 0.3) is 0 Å². The molecule has 0 saturated heterocycles. The molecule has 0 fully saturated rings. The third-order valence-electron chi connectivity index (χ3n) is 3.64. The molecule has 1 aromatic rings. The highest BCUT2D eigenvalue weighted by Crippen LogP contribution is 2.16. The lowest BCUT2D eigenvalue weighted by molar-refractivity contribution is -0.123. The number of carbonyl (C=O) groups excluding carboxylic acids is 1. The molecule has 1 rings (SSSR count). The van der Waals surface area contributed by atoms with Crippen LogP contribution in [0.1, 0.15) is 13.8 Å². The highest BCUT2D eigenvalue weighted by molar-refractivity contribution is 5.95. The summed E-state index contributed by atoms with van der Waals surface area (Å²) in [5, 5.41) is 2.97. The summed E-state index contributed by atoms with van der Waals surface area (Å²) >= 11 is 0. The summed E-state index contributed by atoms with van der Waals surface area (Å²) < 4.78 is 10.3. The molecule has 1 atom stereocenters. The van der Waals surface area contributed by atoms with Crippen LogP contribution in [0.3, 0.4) is 0 Å². The van der Waals surface area contributed by atoms with Gasteiger partial charge in [-0.3, -0.25) is 9.69 Å². The van der Waals surface area contributed by atoms with Gasteiger partial charge < -0.3 is 20.5 Å². The predicted molar refractivity (Wildman–Crippen MR) is 93.4 cm³/mol. The minimum atomic E-state index is -0.252. The molecule has 0 aliphatic carbocycles. The van der Waals surface area contributed by atoms with Crippen molar-refractivity contribution in [2.75, 3.05) is 51.6 Å². The summed E-state index contributed by atoms with van der Waals surface area (Å²) in [6.07, 6.45) is 0. The number of anilines is 2. The van der Waals surface area contributed by atoms with E-state index in [0.29, 0.717) is 32.0 Å². The Balaban J connectivity index is 2.82. The standard InChI is InChI=1S/C17H29N3O3/c1-13(2)16(20(9-11-22-3)10-12-23-4)17(21)19-15-7-5-14(18)6-8-15/h5-8,13,16H,9-12,18H2,1-4H3,(H,19,21). The number of benzene rings is 1. The van der Waals surface area contributed by atoms with E-state index in [1.54, 1.807) is 38.5 Å². The van der Waals surface area contributed by atoms with E-state index >= 15 is 0 Å². The van der Waals surface area contributed by atoms with Crippen molar-refractivity contribution < 1.29 is 14.3 Å². The molecule has 0 radical (unpaired) electrons. The summed E-state index contributed by atoms with van der Waals surface area (Å²) in [7, 11) is 3.32. The molecule has 0 aromatic heterocycles. The Morgan fingerprint density at radius 2 is 1.65 bits per heavy atom. The van der Waals surface area contributed by atoms with Crippen molar-refractivity contribution in [3.8, 4) is 0 Å². The number of nitrogens with one attached hydrogen (secondary N) is 1. The topological polar surface area (TPSA) is 76.8 Å². The van der Waals surface area contributed by atoms with Crippen LogP contribution in [-0.4, -0.2) is 57.4 Å². The fraction of sp³-hybridized carbons (Fsp3) is 0.588. The number of rotatable bonds is 10. The maximum absolute atomic E-state index is 12.7. The van der Waals surface area contributed by atoms with Crippen LogP contribution in [0.4, 0.5) is 11.4 Å². The van der Waals surface area contributed by atoms with Crippen LogP contribution in [-0.2, 0) is 14.3 Å². The van der Waals surface area contributed by atoms with Gasteiger partial charge in [0.15, 0.2) is 0 Å². The monoisotopic (exact) mass is 323 g/mol. The van der Waals surface area contributed by atoms with E-state index < -0.39 is 0 Å². The SMILES string of the molecule is COCCN(CCOC)C(C(=O)Nc1ccc(N)cc1)C(C)C. The summed E-state index contributed by atoms with van der Waals surface area (Å²) in [6, 6.07) is 6.90. The van der Waals surface area contributed by atoms with Crippen LogP contribution < -0.4 is 11.1 Å². The Bertz CT molecular complexity index is 455. The van der Waals surface area contributed by atoms with Crippen molar-refractivity contribution in [3.05, 3.63) is 24.3 Å². The van der Waals surface area contributed by atoms with Gasteiger partial charge in [0.1, 0.15) is 0 Å². The first-order chi connectivity index (χ1) is 11.0. The number of hydrogen-bond acceptors (Lipinski definition) is 5. The zero-order valence-corrected chi connectivity index (χ0v) is 14.5. The first kappa shape index (κ1) is 19.4. The second-order valence-electron chi connectivity index (χ2n) is 5.82. The van der Waals surface area contributed by atoms with Gasteiger partial charge in [-0.05, 0) is 30.2 Å². The number of carbonyl (C=O) groups is 1. The Morgan fingerprint density at radius 1 is 1.13 bits per heavy atom. The number of nitrogen functional groups attached to an aromatic ring is 1. The maximum atomic E-state index is 12.7. The number of nitrogens with two attached hydrogens (primary N) is 1. The third kappa shape index (κ3) is 6.56. The number of methoxy groups -OCH3 is 2. The summed E-state index contributed by atoms with van der Waals surface area (Å²) in [6.45, 7) is 6.58. The van der Waals surface area contributed by atoms with Gasteiger partial charge in [-0.1, -0.05) is 13.8 Å². The van der Waals surface area contributed by atoms with Gasteiger partial charge in [0.05, 0.1) is 19.3 Å². The Hall–Kier alpha value is -1.63. The summed E-state index contributed by atoms with van der Waals surface area (Å²) in [4.78, 5) is 14.8. The van der Waals surface area contributed by atoms with Crippen LogP contribution >= 0.6 is 0 Å². The van der Waals surface area contributed by atoms with Gasteiger partial charge in [0.2, 0.25) is 5.91 Å². The van der Waals surface area contributed by atoms with Gasteiger partial charge in [-0.15, -0.1) is 0 Å². The largest absolute Gasteiger partial charge is 0.399 e. The molecule has 130 valence electrons.